The molecule has 2 amide bonds. The van der Waals surface area contributed by atoms with Gasteiger partial charge in [0.1, 0.15) is 11.2 Å². The molecule has 7 heteroatoms. The van der Waals surface area contributed by atoms with Crippen LogP contribution < -0.4 is 5.32 Å². The van der Waals surface area contributed by atoms with Gasteiger partial charge in [0.05, 0.1) is 16.8 Å². The second-order valence-corrected chi connectivity index (χ2v) is 10.0. The summed E-state index contributed by atoms with van der Waals surface area (Å²) in [6.45, 7) is 6.17. The third-order valence-electron chi connectivity index (χ3n) is 6.85. The molecule has 1 saturated carbocycles. The van der Waals surface area contributed by atoms with E-state index in [1.165, 1.54) is 19.3 Å². The van der Waals surface area contributed by atoms with E-state index in [4.69, 9.17) is 4.74 Å². The predicted octanol–water partition coefficient (Wildman–Crippen LogP) is 4.57. The fourth-order valence-corrected chi connectivity index (χ4v) is 5.86. The van der Waals surface area contributed by atoms with Crippen LogP contribution in [0.4, 0.5) is 0 Å². The number of hydrogen-bond acceptors (Lipinski definition) is 4. The first kappa shape index (κ1) is 22.3. The molecule has 0 unspecified atom stereocenters. The molecule has 1 N–H and O–H groups in total. The second-order valence-electron chi connectivity index (χ2n) is 9.08. The number of hydrogen-bond donors (Lipinski definition) is 1. The molecule has 1 aliphatic heterocycles. The van der Waals surface area contributed by atoms with Crippen LogP contribution in [-0.4, -0.2) is 52.6 Å². The lowest BCUT2D eigenvalue weighted by Crippen LogP contribution is -2.65. The van der Waals surface area contributed by atoms with E-state index in [2.05, 4.69) is 11.4 Å². The number of carbonyl (C=O) groups is 2. The average Bonchev–Trinajstić information content (AvgIpc) is 3.31. The molecule has 0 spiro atoms. The van der Waals surface area contributed by atoms with Crippen LogP contribution in [0, 0.1) is 0 Å². The summed E-state index contributed by atoms with van der Waals surface area (Å²) in [5, 5.41) is 5.38. The first-order chi connectivity index (χ1) is 15.0. The third kappa shape index (κ3) is 4.53. The number of rotatable bonds is 7. The van der Waals surface area contributed by atoms with Crippen LogP contribution in [0.3, 0.4) is 0 Å². The van der Waals surface area contributed by atoms with Crippen molar-refractivity contribution in [3.8, 4) is 0 Å². The normalized spacial score (nSPS) is 22.9. The van der Waals surface area contributed by atoms with E-state index >= 15 is 0 Å². The smallest absolute Gasteiger partial charge is 0.271 e. The van der Waals surface area contributed by atoms with Gasteiger partial charge in [0.2, 0.25) is 5.91 Å². The van der Waals surface area contributed by atoms with E-state index in [0.29, 0.717) is 32.0 Å². The van der Waals surface area contributed by atoms with Crippen molar-refractivity contribution in [1.29, 1.82) is 0 Å². The molecule has 0 saturated heterocycles. The molecule has 3 heterocycles. The summed E-state index contributed by atoms with van der Waals surface area (Å²) >= 11 is 1.64. The molecule has 4 rings (SSSR count). The van der Waals surface area contributed by atoms with Gasteiger partial charge in [-0.05, 0) is 50.6 Å². The molecule has 1 fully saturated rings. The van der Waals surface area contributed by atoms with Crippen molar-refractivity contribution in [2.45, 2.75) is 83.3 Å². The highest BCUT2D eigenvalue weighted by atomic mass is 32.1. The molecule has 0 radical (unpaired) electrons. The first-order valence-electron chi connectivity index (χ1n) is 11.8. The Balaban J connectivity index is 1.59. The van der Waals surface area contributed by atoms with Crippen molar-refractivity contribution in [1.82, 2.24) is 14.8 Å². The Kier molecular flexibility index (Phi) is 7.02. The number of aromatic nitrogens is 1. The van der Waals surface area contributed by atoms with E-state index in [9.17, 15) is 9.59 Å². The molecule has 1 aliphatic carbocycles. The van der Waals surface area contributed by atoms with Gasteiger partial charge in [-0.2, -0.15) is 0 Å². The molecular weight excluding hydrogens is 410 g/mol. The lowest BCUT2D eigenvalue weighted by Gasteiger charge is -2.44. The standard InChI is InChI=1S/C24H35N3O3S/c1-3-30-14-9-13-27-22(28)20-16-21-19(12-15-31-21)26(20)17-24(27,2)23(29)25-18-10-7-5-4-6-8-11-18/h12,15-16,18H,3-11,13-14,17H2,1-2H3,(H,25,29)/t24-/m0/s1. The molecule has 2 aromatic rings. The van der Waals surface area contributed by atoms with Crippen molar-refractivity contribution >= 4 is 33.4 Å². The fourth-order valence-electron chi connectivity index (χ4n) is 5.03. The van der Waals surface area contributed by atoms with Gasteiger partial charge in [-0.25, -0.2) is 0 Å². The van der Waals surface area contributed by atoms with Crippen molar-refractivity contribution in [2.75, 3.05) is 19.8 Å². The monoisotopic (exact) mass is 445 g/mol. The van der Waals surface area contributed by atoms with Gasteiger partial charge < -0.3 is 19.5 Å². The zero-order chi connectivity index (χ0) is 21.8. The van der Waals surface area contributed by atoms with Crippen LogP contribution >= 0.6 is 11.3 Å². The average molecular weight is 446 g/mol. The van der Waals surface area contributed by atoms with Crippen LogP contribution in [0.5, 0.6) is 0 Å². The molecular formula is C24H35N3O3S. The number of carbonyl (C=O) groups excluding carboxylic acids is 2. The van der Waals surface area contributed by atoms with Crippen molar-refractivity contribution in [3.05, 3.63) is 23.2 Å². The summed E-state index contributed by atoms with van der Waals surface area (Å²) in [7, 11) is 0. The number of nitrogens with one attached hydrogen (secondary N) is 1. The van der Waals surface area contributed by atoms with E-state index in [0.717, 1.165) is 42.3 Å². The summed E-state index contributed by atoms with van der Waals surface area (Å²) in [5.74, 6) is -0.0768. The van der Waals surface area contributed by atoms with Gasteiger partial charge in [0, 0.05) is 25.8 Å². The SMILES string of the molecule is CCOCCCN1C(=O)c2cc3sccc3n2C[C@@]1(C)C(=O)NC1CCCCCCC1. The molecule has 2 aromatic heterocycles. The van der Waals surface area contributed by atoms with Gasteiger partial charge in [0.15, 0.2) is 0 Å². The predicted molar refractivity (Wildman–Crippen MR) is 125 cm³/mol. The Labute approximate surface area is 188 Å². The fraction of sp³-hybridized carbons (Fsp3) is 0.667. The van der Waals surface area contributed by atoms with Crippen LogP contribution in [0.25, 0.3) is 10.2 Å². The zero-order valence-corrected chi connectivity index (χ0v) is 19.6. The topological polar surface area (TPSA) is 63.6 Å². The Bertz CT molecular complexity index is 912. The van der Waals surface area contributed by atoms with Crippen LogP contribution in [0.15, 0.2) is 17.5 Å². The zero-order valence-electron chi connectivity index (χ0n) is 18.8. The van der Waals surface area contributed by atoms with E-state index < -0.39 is 5.54 Å². The third-order valence-corrected chi connectivity index (χ3v) is 7.71. The van der Waals surface area contributed by atoms with Crippen LogP contribution in [0.2, 0.25) is 0 Å². The van der Waals surface area contributed by atoms with Crippen molar-refractivity contribution < 1.29 is 14.3 Å². The minimum absolute atomic E-state index is 0.0226. The Hall–Kier alpha value is -1.86. The van der Waals surface area contributed by atoms with E-state index in [-0.39, 0.29) is 17.9 Å². The number of thiophene rings is 1. The van der Waals surface area contributed by atoms with Crippen molar-refractivity contribution in [2.24, 2.45) is 0 Å². The molecule has 0 aromatic carbocycles. The van der Waals surface area contributed by atoms with Gasteiger partial charge in [-0.3, -0.25) is 9.59 Å². The lowest BCUT2D eigenvalue weighted by molar-refractivity contribution is -0.133. The molecule has 2 aliphatic rings. The summed E-state index contributed by atoms with van der Waals surface area (Å²) in [4.78, 5) is 29.0. The Morgan fingerprint density at radius 1 is 1.26 bits per heavy atom. The summed E-state index contributed by atoms with van der Waals surface area (Å²) in [5.41, 5.74) is 0.828. The molecule has 6 nitrogen and oxygen atoms in total. The van der Waals surface area contributed by atoms with Crippen molar-refractivity contribution in [3.63, 3.8) is 0 Å². The highest BCUT2D eigenvalue weighted by molar-refractivity contribution is 7.17. The van der Waals surface area contributed by atoms with Gasteiger partial charge >= 0.3 is 0 Å². The van der Waals surface area contributed by atoms with Gasteiger partial charge in [0.25, 0.3) is 5.91 Å². The number of ether oxygens (including phenoxy) is 1. The maximum absolute atomic E-state index is 13.7. The van der Waals surface area contributed by atoms with E-state index in [1.54, 1.807) is 16.2 Å². The van der Waals surface area contributed by atoms with Gasteiger partial charge in [-0.1, -0.05) is 32.1 Å². The Morgan fingerprint density at radius 2 is 2.00 bits per heavy atom. The lowest BCUT2D eigenvalue weighted by atomic mass is 9.92. The number of amides is 2. The maximum Gasteiger partial charge on any atom is 0.271 e. The second kappa shape index (κ2) is 9.74. The minimum atomic E-state index is -0.910. The quantitative estimate of drug-likeness (QED) is 0.635. The molecule has 170 valence electrons. The van der Waals surface area contributed by atoms with E-state index in [1.807, 2.05) is 29.9 Å². The van der Waals surface area contributed by atoms with Crippen LogP contribution in [0.1, 0.15) is 75.7 Å². The highest BCUT2D eigenvalue weighted by Gasteiger charge is 2.47. The first-order valence-corrected chi connectivity index (χ1v) is 12.7. The Morgan fingerprint density at radius 3 is 2.74 bits per heavy atom. The highest BCUT2D eigenvalue weighted by Crippen LogP contribution is 2.34. The molecule has 31 heavy (non-hydrogen) atoms. The maximum atomic E-state index is 13.7. The summed E-state index contributed by atoms with van der Waals surface area (Å²) in [6, 6.07) is 4.23. The molecule has 0 bridgehead atoms. The summed E-state index contributed by atoms with van der Waals surface area (Å²) < 4.78 is 8.64. The number of fused-ring (bicyclic) bond motifs is 3. The van der Waals surface area contributed by atoms with Crippen LogP contribution in [-0.2, 0) is 16.1 Å². The van der Waals surface area contributed by atoms with Gasteiger partial charge in [-0.15, -0.1) is 11.3 Å². The minimum Gasteiger partial charge on any atom is -0.382 e. The number of nitrogens with zero attached hydrogens (tertiary/aromatic N) is 2. The molecule has 1 atom stereocenters. The largest absolute Gasteiger partial charge is 0.382 e. The summed E-state index contributed by atoms with van der Waals surface area (Å²) in [6.07, 6.45) is 8.90.